The number of carbonyl (C=O) groups excluding carboxylic acids is 1. The topological polar surface area (TPSA) is 70.5 Å². The number of carboxylic acid groups (broad SMARTS) is 1. The van der Waals surface area contributed by atoms with Crippen LogP contribution in [0.3, 0.4) is 0 Å². The van der Waals surface area contributed by atoms with Crippen LogP contribution in [0.1, 0.15) is 43.2 Å². The first-order chi connectivity index (χ1) is 10.9. The zero-order valence-corrected chi connectivity index (χ0v) is 13.6. The zero-order valence-electron chi connectivity index (χ0n) is 13.6. The number of carboxylic acids is 1. The van der Waals surface area contributed by atoms with E-state index in [1.54, 1.807) is 6.07 Å². The molecule has 1 atom stereocenters. The number of halogens is 3. The van der Waals surface area contributed by atoms with Gasteiger partial charge in [-0.2, -0.15) is 13.2 Å². The van der Waals surface area contributed by atoms with Crippen molar-refractivity contribution in [3.8, 4) is 0 Å². The lowest BCUT2D eigenvalue weighted by atomic mass is 9.86. The van der Waals surface area contributed by atoms with E-state index >= 15 is 0 Å². The monoisotopic (exact) mass is 344 g/mol. The van der Waals surface area contributed by atoms with Crippen LogP contribution in [0.25, 0.3) is 0 Å². The van der Waals surface area contributed by atoms with Gasteiger partial charge < -0.3 is 10.0 Å². The molecular weight excluding hydrogens is 325 g/mol. The second-order valence-corrected chi connectivity index (χ2v) is 7.04. The third kappa shape index (κ3) is 3.09. The number of carbonyl (C=O) groups is 2. The highest BCUT2D eigenvalue weighted by molar-refractivity contribution is 5.93. The van der Waals surface area contributed by atoms with Gasteiger partial charge in [-0.1, -0.05) is 26.8 Å². The molecule has 1 aromatic heterocycles. The number of aromatic nitrogens is 1. The van der Waals surface area contributed by atoms with Gasteiger partial charge in [0.2, 0.25) is 0 Å². The molecule has 1 fully saturated rings. The van der Waals surface area contributed by atoms with E-state index in [0.717, 1.165) is 10.5 Å². The maximum absolute atomic E-state index is 13.2. The summed E-state index contributed by atoms with van der Waals surface area (Å²) in [7, 11) is 0. The standard InChI is InChI=1S/C16H19F3N2O3/c1-14(2,3)10-4-5-11(20-8-10)12(22)21-7-6-15(9-21,13(23)24)16(17,18)19/h4-5,8H,6-7,9H2,1-3H3,(H,23,24). The van der Waals surface area contributed by atoms with Crippen LogP contribution in [0.4, 0.5) is 13.2 Å². The van der Waals surface area contributed by atoms with Crippen molar-refractivity contribution < 1.29 is 27.9 Å². The molecular formula is C16H19F3N2O3. The van der Waals surface area contributed by atoms with Gasteiger partial charge in [-0.15, -0.1) is 0 Å². The van der Waals surface area contributed by atoms with Crippen LogP contribution in [0.2, 0.25) is 0 Å². The van der Waals surface area contributed by atoms with Gasteiger partial charge in [0.15, 0.2) is 5.41 Å². The molecule has 0 aromatic carbocycles. The predicted octanol–water partition coefficient (Wildman–Crippen LogP) is 2.86. The summed E-state index contributed by atoms with van der Waals surface area (Å²) in [4.78, 5) is 28.4. The normalized spacial score (nSPS) is 21.8. The number of nitrogens with zero attached hydrogens (tertiary/aromatic N) is 2. The fraction of sp³-hybridized carbons (Fsp3) is 0.562. The minimum absolute atomic E-state index is 0.00589. The maximum atomic E-state index is 13.2. The first kappa shape index (κ1) is 18.2. The SMILES string of the molecule is CC(C)(C)c1ccc(C(=O)N2CCC(C(=O)O)(C(F)(F)F)C2)nc1. The Bertz CT molecular complexity index is 650. The van der Waals surface area contributed by atoms with Crippen molar-refractivity contribution in [1.29, 1.82) is 0 Å². The third-order valence-electron chi connectivity index (χ3n) is 4.36. The van der Waals surface area contributed by atoms with Gasteiger partial charge >= 0.3 is 12.1 Å². The number of amides is 1. The highest BCUT2D eigenvalue weighted by Crippen LogP contribution is 2.45. The van der Waals surface area contributed by atoms with Crippen molar-refractivity contribution in [2.24, 2.45) is 5.41 Å². The van der Waals surface area contributed by atoms with Gasteiger partial charge in [-0.05, 0) is 23.5 Å². The number of likely N-dealkylation sites (tertiary alicyclic amines) is 1. The largest absolute Gasteiger partial charge is 0.481 e. The van der Waals surface area contributed by atoms with Crippen molar-refractivity contribution >= 4 is 11.9 Å². The number of hydrogen-bond donors (Lipinski definition) is 1. The molecule has 132 valence electrons. The molecule has 1 aliphatic rings. The molecule has 24 heavy (non-hydrogen) atoms. The number of rotatable bonds is 2. The summed E-state index contributed by atoms with van der Waals surface area (Å²) in [6.07, 6.45) is -4.06. The Morgan fingerprint density at radius 2 is 1.88 bits per heavy atom. The number of pyridine rings is 1. The van der Waals surface area contributed by atoms with Gasteiger partial charge in [0.25, 0.3) is 5.91 Å². The summed E-state index contributed by atoms with van der Waals surface area (Å²) >= 11 is 0. The number of alkyl halides is 3. The first-order valence-electron chi connectivity index (χ1n) is 7.44. The van der Waals surface area contributed by atoms with Crippen molar-refractivity contribution in [2.45, 2.75) is 38.8 Å². The smallest absolute Gasteiger partial charge is 0.406 e. The molecule has 1 saturated heterocycles. The Hall–Kier alpha value is -2.12. The summed E-state index contributed by atoms with van der Waals surface area (Å²) < 4.78 is 39.5. The van der Waals surface area contributed by atoms with Gasteiger partial charge in [0.05, 0.1) is 0 Å². The zero-order chi connectivity index (χ0) is 18.3. The molecule has 1 N–H and O–H groups in total. The van der Waals surface area contributed by atoms with Crippen LogP contribution in [-0.2, 0) is 10.2 Å². The van der Waals surface area contributed by atoms with Crippen LogP contribution >= 0.6 is 0 Å². The molecule has 0 bridgehead atoms. The molecule has 1 aliphatic heterocycles. The fourth-order valence-electron chi connectivity index (χ4n) is 2.64. The lowest BCUT2D eigenvalue weighted by Gasteiger charge is -2.27. The average molecular weight is 344 g/mol. The van der Waals surface area contributed by atoms with E-state index in [0.29, 0.717) is 0 Å². The summed E-state index contributed by atoms with van der Waals surface area (Å²) in [6, 6.07) is 3.15. The molecule has 2 heterocycles. The molecule has 1 aromatic rings. The van der Waals surface area contributed by atoms with Crippen molar-refractivity contribution in [2.75, 3.05) is 13.1 Å². The molecule has 0 radical (unpaired) electrons. The summed E-state index contributed by atoms with van der Waals surface area (Å²) in [5.74, 6) is -2.65. The Morgan fingerprint density at radius 1 is 1.25 bits per heavy atom. The second-order valence-electron chi connectivity index (χ2n) is 7.04. The van der Waals surface area contributed by atoms with Gasteiger partial charge in [0.1, 0.15) is 5.69 Å². The van der Waals surface area contributed by atoms with Crippen molar-refractivity contribution in [1.82, 2.24) is 9.88 Å². The van der Waals surface area contributed by atoms with E-state index in [1.165, 1.54) is 12.3 Å². The summed E-state index contributed by atoms with van der Waals surface area (Å²) in [5.41, 5.74) is -2.19. The minimum atomic E-state index is -4.92. The lowest BCUT2D eigenvalue weighted by molar-refractivity contribution is -0.227. The molecule has 8 heteroatoms. The first-order valence-corrected chi connectivity index (χ1v) is 7.44. The van der Waals surface area contributed by atoms with Crippen LogP contribution in [-0.4, -0.2) is 46.1 Å². The molecule has 0 spiro atoms. The highest BCUT2D eigenvalue weighted by Gasteiger charge is 2.64. The van der Waals surface area contributed by atoms with Gasteiger partial charge in [-0.3, -0.25) is 14.6 Å². The van der Waals surface area contributed by atoms with E-state index < -0.39 is 36.4 Å². The van der Waals surface area contributed by atoms with Crippen LogP contribution in [0.5, 0.6) is 0 Å². The Labute approximate surface area is 137 Å². The Morgan fingerprint density at radius 3 is 2.25 bits per heavy atom. The predicted molar refractivity (Wildman–Crippen MR) is 79.6 cm³/mol. The Kier molecular flexibility index (Phi) is 4.37. The van der Waals surface area contributed by atoms with Crippen molar-refractivity contribution in [3.05, 3.63) is 29.6 Å². The van der Waals surface area contributed by atoms with E-state index in [-0.39, 0.29) is 17.7 Å². The maximum Gasteiger partial charge on any atom is 0.406 e. The average Bonchev–Trinajstić information content (AvgIpc) is 2.92. The quantitative estimate of drug-likeness (QED) is 0.896. The molecule has 5 nitrogen and oxygen atoms in total. The van der Waals surface area contributed by atoms with Crippen LogP contribution < -0.4 is 0 Å². The number of hydrogen-bond acceptors (Lipinski definition) is 3. The van der Waals surface area contributed by atoms with E-state index in [4.69, 9.17) is 5.11 Å². The number of aliphatic carboxylic acids is 1. The van der Waals surface area contributed by atoms with E-state index in [9.17, 15) is 22.8 Å². The van der Waals surface area contributed by atoms with Gasteiger partial charge in [0, 0.05) is 19.3 Å². The highest BCUT2D eigenvalue weighted by atomic mass is 19.4. The van der Waals surface area contributed by atoms with Crippen LogP contribution in [0.15, 0.2) is 18.3 Å². The van der Waals surface area contributed by atoms with Crippen molar-refractivity contribution in [3.63, 3.8) is 0 Å². The van der Waals surface area contributed by atoms with E-state index in [2.05, 4.69) is 4.98 Å². The van der Waals surface area contributed by atoms with E-state index in [1.807, 2.05) is 20.8 Å². The fourth-order valence-corrected chi connectivity index (χ4v) is 2.64. The second kappa shape index (κ2) is 5.75. The summed E-state index contributed by atoms with van der Waals surface area (Å²) in [6.45, 7) is 4.74. The molecule has 0 saturated carbocycles. The minimum Gasteiger partial charge on any atom is -0.481 e. The molecule has 0 aliphatic carbocycles. The molecule has 1 amide bonds. The lowest BCUT2D eigenvalue weighted by Crippen LogP contribution is -2.47. The molecule has 1 unspecified atom stereocenters. The third-order valence-corrected chi connectivity index (χ3v) is 4.36. The van der Waals surface area contributed by atoms with Gasteiger partial charge in [-0.25, -0.2) is 0 Å². The molecule has 2 rings (SSSR count). The van der Waals surface area contributed by atoms with Crippen LogP contribution in [0, 0.1) is 5.41 Å². The summed E-state index contributed by atoms with van der Waals surface area (Å²) in [5, 5.41) is 9.02. The Balaban J connectivity index is 2.22.